The minimum absolute atomic E-state index is 0.0208. The van der Waals surface area contributed by atoms with Crippen molar-refractivity contribution in [1.29, 1.82) is 0 Å². The van der Waals surface area contributed by atoms with Crippen molar-refractivity contribution >= 4 is 11.8 Å². The third-order valence-electron chi connectivity index (χ3n) is 2.76. The van der Waals surface area contributed by atoms with Gasteiger partial charge in [0.1, 0.15) is 0 Å². The van der Waals surface area contributed by atoms with Gasteiger partial charge in [0.2, 0.25) is 5.91 Å². The van der Waals surface area contributed by atoms with Crippen molar-refractivity contribution in [2.45, 2.75) is 13.3 Å². The second-order valence-electron chi connectivity index (χ2n) is 4.10. The standard InChI is InChI=1S/C14H20N2O3/c1-2-16(9-6-10-17)13(18)11-15-14(19)12-7-4-3-5-8-12/h3-5,7-8,17H,2,6,9-11H2,1H3,(H,15,19). The van der Waals surface area contributed by atoms with Crippen molar-refractivity contribution in [2.24, 2.45) is 0 Å². The summed E-state index contributed by atoms with van der Waals surface area (Å²) in [6.45, 7) is 2.98. The molecule has 0 saturated heterocycles. The molecular weight excluding hydrogens is 244 g/mol. The third-order valence-corrected chi connectivity index (χ3v) is 2.76. The van der Waals surface area contributed by atoms with Crippen LogP contribution in [0.3, 0.4) is 0 Å². The smallest absolute Gasteiger partial charge is 0.251 e. The number of nitrogens with one attached hydrogen (secondary N) is 1. The van der Waals surface area contributed by atoms with Gasteiger partial charge in [-0.15, -0.1) is 0 Å². The van der Waals surface area contributed by atoms with Crippen molar-refractivity contribution in [3.63, 3.8) is 0 Å². The van der Waals surface area contributed by atoms with Gasteiger partial charge in [0.25, 0.3) is 5.91 Å². The van der Waals surface area contributed by atoms with E-state index >= 15 is 0 Å². The highest BCUT2D eigenvalue weighted by molar-refractivity contribution is 5.96. The molecule has 0 aliphatic carbocycles. The molecule has 0 unspecified atom stereocenters. The number of hydrogen-bond acceptors (Lipinski definition) is 3. The molecule has 2 amide bonds. The van der Waals surface area contributed by atoms with E-state index in [2.05, 4.69) is 5.32 Å². The van der Waals surface area contributed by atoms with Gasteiger partial charge in [-0.1, -0.05) is 18.2 Å². The lowest BCUT2D eigenvalue weighted by atomic mass is 10.2. The van der Waals surface area contributed by atoms with Crippen LogP contribution in [0, 0.1) is 0 Å². The molecule has 5 nitrogen and oxygen atoms in total. The van der Waals surface area contributed by atoms with Crippen LogP contribution in [0.1, 0.15) is 23.7 Å². The first-order valence-corrected chi connectivity index (χ1v) is 6.41. The van der Waals surface area contributed by atoms with Gasteiger partial charge in [-0.3, -0.25) is 9.59 Å². The van der Waals surface area contributed by atoms with Crippen LogP contribution in [0.5, 0.6) is 0 Å². The Morgan fingerprint density at radius 3 is 2.53 bits per heavy atom. The first-order valence-electron chi connectivity index (χ1n) is 6.41. The van der Waals surface area contributed by atoms with Gasteiger partial charge >= 0.3 is 0 Å². The Kier molecular flexibility index (Phi) is 6.60. The highest BCUT2D eigenvalue weighted by Gasteiger charge is 2.12. The highest BCUT2D eigenvalue weighted by Crippen LogP contribution is 1.98. The molecule has 0 aliphatic rings. The van der Waals surface area contributed by atoms with Crippen molar-refractivity contribution in [2.75, 3.05) is 26.2 Å². The molecule has 1 aromatic rings. The average Bonchev–Trinajstić information content (AvgIpc) is 2.46. The Balaban J connectivity index is 2.43. The van der Waals surface area contributed by atoms with E-state index in [0.29, 0.717) is 25.1 Å². The molecule has 104 valence electrons. The summed E-state index contributed by atoms with van der Waals surface area (Å²) >= 11 is 0. The molecule has 0 aromatic heterocycles. The molecule has 0 spiro atoms. The summed E-state index contributed by atoms with van der Waals surface area (Å²) < 4.78 is 0. The van der Waals surface area contributed by atoms with Gasteiger partial charge in [0, 0.05) is 25.3 Å². The Morgan fingerprint density at radius 2 is 1.95 bits per heavy atom. The molecule has 0 atom stereocenters. The first kappa shape index (κ1) is 15.2. The van der Waals surface area contributed by atoms with E-state index in [1.807, 2.05) is 13.0 Å². The minimum atomic E-state index is -0.257. The molecule has 0 heterocycles. The molecule has 19 heavy (non-hydrogen) atoms. The predicted octanol–water partition coefficient (Wildman–Crippen LogP) is 0.647. The van der Waals surface area contributed by atoms with Crippen LogP contribution in [0.2, 0.25) is 0 Å². The van der Waals surface area contributed by atoms with Gasteiger partial charge in [-0.05, 0) is 25.5 Å². The second kappa shape index (κ2) is 8.26. The van der Waals surface area contributed by atoms with Gasteiger partial charge in [-0.25, -0.2) is 0 Å². The summed E-state index contributed by atoms with van der Waals surface area (Å²) in [4.78, 5) is 25.2. The topological polar surface area (TPSA) is 69.6 Å². The maximum atomic E-state index is 11.8. The molecule has 0 saturated carbocycles. The molecule has 0 bridgehead atoms. The monoisotopic (exact) mass is 264 g/mol. The zero-order valence-electron chi connectivity index (χ0n) is 11.1. The Bertz CT molecular complexity index is 406. The summed E-state index contributed by atoms with van der Waals surface area (Å²) in [5, 5.41) is 11.3. The molecule has 5 heteroatoms. The molecule has 1 rings (SSSR count). The Labute approximate surface area is 113 Å². The van der Waals surface area contributed by atoms with E-state index in [4.69, 9.17) is 5.11 Å². The summed E-state index contributed by atoms with van der Waals surface area (Å²) in [5.41, 5.74) is 0.536. The van der Waals surface area contributed by atoms with Crippen LogP contribution in [-0.4, -0.2) is 48.1 Å². The van der Waals surface area contributed by atoms with E-state index in [0.717, 1.165) is 0 Å². The Morgan fingerprint density at radius 1 is 1.26 bits per heavy atom. The zero-order valence-corrected chi connectivity index (χ0v) is 11.1. The predicted molar refractivity (Wildman–Crippen MR) is 72.7 cm³/mol. The van der Waals surface area contributed by atoms with Crippen LogP contribution in [0.4, 0.5) is 0 Å². The molecule has 2 N–H and O–H groups in total. The summed E-state index contributed by atoms with van der Waals surface area (Å²) in [6.07, 6.45) is 0.548. The maximum Gasteiger partial charge on any atom is 0.251 e. The quantitative estimate of drug-likeness (QED) is 0.759. The van der Waals surface area contributed by atoms with E-state index in [1.54, 1.807) is 29.2 Å². The minimum Gasteiger partial charge on any atom is -0.396 e. The number of carbonyl (C=O) groups excluding carboxylic acids is 2. The lowest BCUT2D eigenvalue weighted by Gasteiger charge is -2.20. The van der Waals surface area contributed by atoms with Gasteiger partial charge in [-0.2, -0.15) is 0 Å². The number of likely N-dealkylation sites (N-methyl/N-ethyl adjacent to an activating group) is 1. The fourth-order valence-electron chi connectivity index (χ4n) is 1.68. The number of amides is 2. The number of aliphatic hydroxyl groups excluding tert-OH is 1. The first-order chi connectivity index (χ1) is 9.19. The average molecular weight is 264 g/mol. The molecule has 1 aromatic carbocycles. The van der Waals surface area contributed by atoms with Crippen LogP contribution in [0.15, 0.2) is 30.3 Å². The number of benzene rings is 1. The van der Waals surface area contributed by atoms with Crippen molar-refractivity contribution < 1.29 is 14.7 Å². The zero-order chi connectivity index (χ0) is 14.1. The van der Waals surface area contributed by atoms with E-state index in [1.165, 1.54) is 0 Å². The lowest BCUT2D eigenvalue weighted by Crippen LogP contribution is -2.40. The lowest BCUT2D eigenvalue weighted by molar-refractivity contribution is -0.130. The number of nitrogens with zero attached hydrogens (tertiary/aromatic N) is 1. The maximum absolute atomic E-state index is 11.8. The highest BCUT2D eigenvalue weighted by atomic mass is 16.3. The van der Waals surface area contributed by atoms with Crippen molar-refractivity contribution in [3.8, 4) is 0 Å². The van der Waals surface area contributed by atoms with E-state index in [9.17, 15) is 9.59 Å². The molecular formula is C14H20N2O3. The SMILES string of the molecule is CCN(CCCO)C(=O)CNC(=O)c1ccccc1. The van der Waals surface area contributed by atoms with Crippen LogP contribution in [0.25, 0.3) is 0 Å². The van der Waals surface area contributed by atoms with Crippen molar-refractivity contribution in [3.05, 3.63) is 35.9 Å². The number of rotatable bonds is 7. The van der Waals surface area contributed by atoms with Gasteiger partial charge in [0.15, 0.2) is 0 Å². The third kappa shape index (κ3) is 5.09. The number of carbonyl (C=O) groups is 2. The fourth-order valence-corrected chi connectivity index (χ4v) is 1.68. The summed E-state index contributed by atoms with van der Waals surface area (Å²) in [7, 11) is 0. The largest absolute Gasteiger partial charge is 0.396 e. The molecule has 0 aliphatic heterocycles. The molecule has 0 fully saturated rings. The van der Waals surface area contributed by atoms with Crippen LogP contribution >= 0.6 is 0 Å². The Hall–Kier alpha value is -1.88. The van der Waals surface area contributed by atoms with Gasteiger partial charge < -0.3 is 15.3 Å². The number of hydrogen-bond donors (Lipinski definition) is 2. The summed E-state index contributed by atoms with van der Waals surface area (Å²) in [5.74, 6) is -0.396. The van der Waals surface area contributed by atoms with E-state index < -0.39 is 0 Å². The summed E-state index contributed by atoms with van der Waals surface area (Å²) in [6, 6.07) is 8.77. The van der Waals surface area contributed by atoms with Crippen LogP contribution in [-0.2, 0) is 4.79 Å². The number of aliphatic hydroxyl groups is 1. The van der Waals surface area contributed by atoms with E-state index in [-0.39, 0.29) is 25.0 Å². The van der Waals surface area contributed by atoms with Crippen molar-refractivity contribution in [1.82, 2.24) is 10.2 Å². The normalized spacial score (nSPS) is 10.0. The fraction of sp³-hybridized carbons (Fsp3) is 0.429. The van der Waals surface area contributed by atoms with Crippen LogP contribution < -0.4 is 5.32 Å². The second-order valence-corrected chi connectivity index (χ2v) is 4.10. The molecule has 0 radical (unpaired) electrons. The van der Waals surface area contributed by atoms with Gasteiger partial charge in [0.05, 0.1) is 6.54 Å².